The van der Waals surface area contributed by atoms with Crippen LogP contribution in [0, 0.1) is 0 Å². The third-order valence-corrected chi connectivity index (χ3v) is 3.15. The summed E-state index contributed by atoms with van der Waals surface area (Å²) in [5.41, 5.74) is 1.54. The predicted octanol–water partition coefficient (Wildman–Crippen LogP) is 1.05. The molecule has 1 atom stereocenters. The van der Waals surface area contributed by atoms with Crippen LogP contribution in [-0.2, 0) is 4.79 Å². The number of hydrogen-bond donors (Lipinski definition) is 0. The van der Waals surface area contributed by atoms with E-state index in [1.54, 1.807) is 13.3 Å². The molecule has 0 bridgehead atoms. The van der Waals surface area contributed by atoms with Crippen molar-refractivity contribution in [1.82, 2.24) is 4.59 Å². The Morgan fingerprint density at radius 2 is 2.21 bits per heavy atom. The van der Waals surface area contributed by atoms with E-state index in [-0.39, 0.29) is 10.2 Å². The minimum atomic E-state index is -1.19. The highest BCUT2D eigenvalue weighted by molar-refractivity contribution is 6.19. The van der Waals surface area contributed by atoms with Crippen molar-refractivity contribution in [2.75, 3.05) is 14.2 Å². The van der Waals surface area contributed by atoms with Gasteiger partial charge in [-0.3, -0.25) is 0 Å². The Hall–Kier alpha value is -2.14. The van der Waals surface area contributed by atoms with Crippen LogP contribution in [0.1, 0.15) is 13.3 Å². The van der Waals surface area contributed by atoms with E-state index in [0.717, 1.165) is 5.69 Å². The third kappa shape index (κ3) is 2.37. The van der Waals surface area contributed by atoms with E-state index < -0.39 is 5.97 Å². The lowest BCUT2D eigenvalue weighted by Crippen LogP contribution is -2.31. The van der Waals surface area contributed by atoms with Gasteiger partial charge in [0.05, 0.1) is 18.7 Å². The zero-order valence-corrected chi connectivity index (χ0v) is 11.2. The Balaban J connectivity index is 2.49. The molecule has 0 N–H and O–H groups in total. The molecule has 0 amide bonds. The van der Waals surface area contributed by atoms with Gasteiger partial charge >= 0.3 is 0 Å². The maximum atomic E-state index is 11.1. The molecule has 0 aromatic heterocycles. The number of rotatable bonds is 4. The fraction of sp³-hybridized carbons (Fsp3) is 0.286. The van der Waals surface area contributed by atoms with Gasteiger partial charge in [-0.2, -0.15) is 0 Å². The summed E-state index contributed by atoms with van der Waals surface area (Å²) in [4.78, 5) is 11.1. The van der Waals surface area contributed by atoms with Crippen LogP contribution in [-0.4, -0.2) is 25.8 Å². The molecular formula is C14H16N2O3. The van der Waals surface area contributed by atoms with Gasteiger partial charge < -0.3 is 14.6 Å². The summed E-state index contributed by atoms with van der Waals surface area (Å²) in [6.45, 7) is 1.87. The zero-order chi connectivity index (χ0) is 14.0. The summed E-state index contributed by atoms with van der Waals surface area (Å²) >= 11 is 0. The van der Waals surface area contributed by atoms with Crippen LogP contribution < -0.4 is 14.4 Å². The van der Waals surface area contributed by atoms with E-state index in [9.17, 15) is 9.90 Å². The smallest absolute Gasteiger partial charge is 0.167 e. The quantitative estimate of drug-likeness (QED) is 0.760. The largest absolute Gasteiger partial charge is 0.545 e. The first-order valence-electron chi connectivity index (χ1n) is 6.04. The molecule has 19 heavy (non-hydrogen) atoms. The number of carboxylic acid groups (broad SMARTS) is 1. The molecule has 5 heteroatoms. The van der Waals surface area contributed by atoms with Crippen molar-refractivity contribution in [3.63, 3.8) is 0 Å². The number of nitrogens with zero attached hydrogens (tertiary/aromatic N) is 2. The van der Waals surface area contributed by atoms with Crippen molar-refractivity contribution in [2.24, 2.45) is 5.10 Å². The molecule has 0 radical (unpaired) electrons. The molecule has 0 saturated carbocycles. The Labute approximate surface area is 112 Å². The van der Waals surface area contributed by atoms with Crippen LogP contribution >= 0.6 is 0 Å². The van der Waals surface area contributed by atoms with Crippen LogP contribution in [0.15, 0.2) is 41.1 Å². The molecule has 2 rings (SSSR count). The molecule has 1 aromatic rings. The average Bonchev–Trinajstić information content (AvgIpc) is 2.78. The molecule has 1 heterocycles. The lowest BCUT2D eigenvalue weighted by molar-refractivity contribution is -0.298. The molecule has 1 aliphatic heterocycles. The van der Waals surface area contributed by atoms with Crippen LogP contribution in [0.2, 0.25) is 0 Å². The second kappa shape index (κ2) is 4.85. The highest BCUT2D eigenvalue weighted by Crippen LogP contribution is 2.31. The Morgan fingerprint density at radius 1 is 1.47 bits per heavy atom. The van der Waals surface area contributed by atoms with Crippen LogP contribution in [0.5, 0.6) is 5.75 Å². The highest BCUT2D eigenvalue weighted by atomic mass is 16.5. The number of carboxylic acids is 1. The van der Waals surface area contributed by atoms with Gasteiger partial charge in [0.25, 0.3) is 0 Å². The minimum absolute atomic E-state index is 0.0592. The van der Waals surface area contributed by atoms with Gasteiger partial charge in [-0.1, -0.05) is 18.1 Å². The molecule has 0 fully saturated rings. The molecular weight excluding hydrogens is 244 g/mol. The summed E-state index contributed by atoms with van der Waals surface area (Å²) in [6, 6.07) is 7.41. The topological polar surface area (TPSA) is 61.7 Å². The van der Waals surface area contributed by atoms with E-state index in [2.05, 4.69) is 5.10 Å². The fourth-order valence-electron chi connectivity index (χ4n) is 2.12. The molecule has 1 unspecified atom stereocenters. The number of quaternary nitrogens is 1. The van der Waals surface area contributed by atoms with E-state index in [1.165, 1.54) is 0 Å². The Kier molecular flexibility index (Phi) is 3.40. The van der Waals surface area contributed by atoms with Gasteiger partial charge in [0.2, 0.25) is 0 Å². The molecule has 0 saturated heterocycles. The van der Waals surface area contributed by atoms with Crippen LogP contribution in [0.25, 0.3) is 0 Å². The van der Waals surface area contributed by atoms with Crippen molar-refractivity contribution < 1.29 is 14.6 Å². The predicted molar refractivity (Wildman–Crippen MR) is 71.5 cm³/mol. The zero-order valence-electron chi connectivity index (χ0n) is 11.2. The first-order valence-corrected chi connectivity index (χ1v) is 6.04. The monoisotopic (exact) mass is 260 g/mol. The Morgan fingerprint density at radius 3 is 2.74 bits per heavy atom. The lowest BCUT2D eigenvalue weighted by atomic mass is 10.1. The third-order valence-electron chi connectivity index (χ3n) is 3.15. The molecule has 0 aliphatic carbocycles. The number of ether oxygens (including phenoxy) is 1. The van der Waals surface area contributed by atoms with Crippen molar-refractivity contribution in [3.8, 4) is 5.75 Å². The first kappa shape index (κ1) is 13.3. The summed E-state index contributed by atoms with van der Waals surface area (Å²) < 4.78 is 5.24. The molecule has 100 valence electrons. The van der Waals surface area contributed by atoms with Crippen molar-refractivity contribution in [1.29, 1.82) is 0 Å². The van der Waals surface area contributed by atoms with Crippen LogP contribution in [0.4, 0.5) is 5.69 Å². The van der Waals surface area contributed by atoms with Gasteiger partial charge in [-0.15, -0.1) is 4.59 Å². The van der Waals surface area contributed by atoms with Crippen molar-refractivity contribution in [3.05, 3.63) is 36.0 Å². The standard InChI is InChI=1S/C14H16N2O3/c1-4-13-12(14(17)18)9-16(2,15-13)10-6-5-7-11(8-10)19-3/h5-9H,4H2,1-3H3. The first-order chi connectivity index (χ1) is 9.00. The summed E-state index contributed by atoms with van der Waals surface area (Å²) in [5, 5.41) is 15.6. The minimum Gasteiger partial charge on any atom is -0.545 e. The molecule has 5 nitrogen and oxygen atoms in total. The molecule has 0 spiro atoms. The number of hydrogen-bond acceptors (Lipinski definition) is 4. The Bertz CT molecular complexity index is 578. The van der Waals surface area contributed by atoms with Gasteiger partial charge in [-0.25, -0.2) is 0 Å². The number of carbonyl (C=O) groups excluding carboxylic acids is 1. The number of methoxy groups -OCH3 is 1. The maximum absolute atomic E-state index is 11.1. The summed E-state index contributed by atoms with van der Waals surface area (Å²) in [7, 11) is 3.41. The number of carbonyl (C=O) groups is 1. The normalized spacial score (nSPS) is 21.8. The van der Waals surface area contributed by atoms with Gasteiger partial charge in [0, 0.05) is 12.1 Å². The van der Waals surface area contributed by atoms with Crippen LogP contribution in [0.3, 0.4) is 0 Å². The second-order valence-electron chi connectivity index (χ2n) is 4.46. The SMILES string of the molecule is CCC1=N[N+](C)(c2cccc(OC)c2)C=C1C(=O)[O-]. The molecule has 1 aliphatic rings. The van der Waals surface area contributed by atoms with E-state index in [4.69, 9.17) is 4.74 Å². The molecule has 1 aromatic carbocycles. The summed E-state index contributed by atoms with van der Waals surface area (Å²) in [6.07, 6.45) is 2.14. The maximum Gasteiger partial charge on any atom is 0.167 e. The number of aliphatic carboxylic acids is 1. The fourth-order valence-corrected chi connectivity index (χ4v) is 2.12. The highest BCUT2D eigenvalue weighted by Gasteiger charge is 2.33. The number of benzene rings is 1. The van der Waals surface area contributed by atoms with Crippen molar-refractivity contribution in [2.45, 2.75) is 13.3 Å². The van der Waals surface area contributed by atoms with Gasteiger partial charge in [0.1, 0.15) is 24.7 Å². The second-order valence-corrected chi connectivity index (χ2v) is 4.46. The van der Waals surface area contributed by atoms with Gasteiger partial charge in [-0.05, 0) is 12.5 Å². The van der Waals surface area contributed by atoms with E-state index >= 15 is 0 Å². The average molecular weight is 260 g/mol. The van der Waals surface area contributed by atoms with Gasteiger partial charge in [0.15, 0.2) is 5.69 Å². The van der Waals surface area contributed by atoms with E-state index in [0.29, 0.717) is 17.9 Å². The van der Waals surface area contributed by atoms with Crippen molar-refractivity contribution >= 4 is 17.4 Å². The summed E-state index contributed by atoms with van der Waals surface area (Å²) in [5.74, 6) is -0.481. The van der Waals surface area contributed by atoms with E-state index in [1.807, 2.05) is 38.2 Å². The lowest BCUT2D eigenvalue weighted by Gasteiger charge is -2.20.